The standard InChI is InChI=1S/C9H12ClNO4S/c10-16(14,15)9-4-2-1-3-8(9)11-5-7(13)6-12/h1-4,7,11-13H,5-6H2. The Morgan fingerprint density at radius 1 is 1.38 bits per heavy atom. The highest BCUT2D eigenvalue weighted by Gasteiger charge is 2.15. The molecule has 0 bridgehead atoms. The minimum absolute atomic E-state index is 0.0416. The highest BCUT2D eigenvalue weighted by Crippen LogP contribution is 2.23. The smallest absolute Gasteiger partial charge is 0.263 e. The maximum absolute atomic E-state index is 11.2. The lowest BCUT2D eigenvalue weighted by atomic mass is 10.3. The van der Waals surface area contributed by atoms with Crippen molar-refractivity contribution in [2.24, 2.45) is 0 Å². The molecule has 0 spiro atoms. The highest BCUT2D eigenvalue weighted by molar-refractivity contribution is 8.13. The normalized spacial score (nSPS) is 13.4. The van der Waals surface area contributed by atoms with Gasteiger partial charge in [-0.25, -0.2) is 8.42 Å². The summed E-state index contributed by atoms with van der Waals surface area (Å²) in [5.41, 5.74) is 0.296. The van der Waals surface area contributed by atoms with Crippen LogP contribution in [-0.4, -0.2) is 37.9 Å². The second-order valence-corrected chi connectivity index (χ2v) is 5.69. The van der Waals surface area contributed by atoms with Crippen LogP contribution in [0.25, 0.3) is 0 Å². The average molecular weight is 266 g/mol. The molecule has 0 aromatic heterocycles. The maximum Gasteiger partial charge on any atom is 0.263 e. The van der Waals surface area contributed by atoms with Crippen molar-refractivity contribution < 1.29 is 18.6 Å². The molecule has 7 heteroatoms. The molecule has 1 aromatic rings. The van der Waals surface area contributed by atoms with E-state index in [9.17, 15) is 8.42 Å². The van der Waals surface area contributed by atoms with Gasteiger partial charge in [0.25, 0.3) is 9.05 Å². The van der Waals surface area contributed by atoms with Crippen LogP contribution in [0.3, 0.4) is 0 Å². The fraction of sp³-hybridized carbons (Fsp3) is 0.333. The number of hydrogen-bond donors (Lipinski definition) is 3. The third-order valence-corrected chi connectivity index (χ3v) is 3.27. The molecule has 0 heterocycles. The predicted molar refractivity (Wildman–Crippen MR) is 61.1 cm³/mol. The summed E-state index contributed by atoms with van der Waals surface area (Å²) in [6.07, 6.45) is -0.953. The molecule has 0 fully saturated rings. The van der Waals surface area contributed by atoms with E-state index in [-0.39, 0.29) is 11.4 Å². The van der Waals surface area contributed by atoms with Crippen LogP contribution < -0.4 is 5.32 Å². The van der Waals surface area contributed by atoms with Crippen LogP contribution >= 0.6 is 10.7 Å². The lowest BCUT2D eigenvalue weighted by Crippen LogP contribution is -2.23. The first-order chi connectivity index (χ1) is 7.45. The van der Waals surface area contributed by atoms with Crippen molar-refractivity contribution in [2.45, 2.75) is 11.0 Å². The molecule has 1 atom stereocenters. The van der Waals surface area contributed by atoms with Gasteiger partial charge < -0.3 is 15.5 Å². The van der Waals surface area contributed by atoms with Gasteiger partial charge in [-0.15, -0.1) is 0 Å². The Kier molecular flexibility index (Phi) is 4.55. The van der Waals surface area contributed by atoms with Crippen molar-refractivity contribution in [2.75, 3.05) is 18.5 Å². The average Bonchev–Trinajstić information content (AvgIpc) is 2.25. The molecule has 0 saturated heterocycles. The van der Waals surface area contributed by atoms with E-state index >= 15 is 0 Å². The van der Waals surface area contributed by atoms with Gasteiger partial charge in [0, 0.05) is 17.2 Å². The molecule has 1 unspecified atom stereocenters. The molecule has 3 N–H and O–H groups in total. The van der Waals surface area contributed by atoms with E-state index in [1.165, 1.54) is 12.1 Å². The lowest BCUT2D eigenvalue weighted by molar-refractivity contribution is 0.105. The summed E-state index contributed by atoms with van der Waals surface area (Å²) in [5.74, 6) is 0. The molecular formula is C9H12ClNO4S. The molecule has 5 nitrogen and oxygen atoms in total. The molecule has 0 amide bonds. The van der Waals surface area contributed by atoms with Gasteiger partial charge in [-0.2, -0.15) is 0 Å². The van der Waals surface area contributed by atoms with E-state index in [0.29, 0.717) is 5.69 Å². The van der Waals surface area contributed by atoms with Crippen molar-refractivity contribution in [3.63, 3.8) is 0 Å². The predicted octanol–water partition coefficient (Wildman–Crippen LogP) is 0.379. The van der Waals surface area contributed by atoms with Crippen LogP contribution in [0.1, 0.15) is 0 Å². The van der Waals surface area contributed by atoms with E-state index in [1.807, 2.05) is 0 Å². The fourth-order valence-electron chi connectivity index (χ4n) is 1.12. The van der Waals surface area contributed by atoms with Crippen molar-refractivity contribution >= 4 is 25.4 Å². The van der Waals surface area contributed by atoms with E-state index in [1.54, 1.807) is 12.1 Å². The number of rotatable bonds is 5. The number of anilines is 1. The van der Waals surface area contributed by atoms with Crippen molar-refractivity contribution in [3.05, 3.63) is 24.3 Å². The number of aliphatic hydroxyl groups excluding tert-OH is 2. The molecule has 1 aromatic carbocycles. The van der Waals surface area contributed by atoms with Gasteiger partial charge >= 0.3 is 0 Å². The molecule has 0 radical (unpaired) electrons. The second kappa shape index (κ2) is 5.49. The number of halogens is 1. The molecule has 0 aliphatic carbocycles. The van der Waals surface area contributed by atoms with Crippen LogP contribution in [0.15, 0.2) is 29.2 Å². The van der Waals surface area contributed by atoms with Crippen molar-refractivity contribution in [1.82, 2.24) is 0 Å². The van der Waals surface area contributed by atoms with E-state index < -0.39 is 21.8 Å². The van der Waals surface area contributed by atoms with Gasteiger partial charge in [0.15, 0.2) is 0 Å². The zero-order valence-electron chi connectivity index (χ0n) is 8.30. The van der Waals surface area contributed by atoms with Crippen LogP contribution in [0.4, 0.5) is 5.69 Å². The molecule has 0 saturated carbocycles. The van der Waals surface area contributed by atoms with Gasteiger partial charge in [0.05, 0.1) is 18.4 Å². The Labute approximate surface area is 98.1 Å². The molecule has 0 aliphatic heterocycles. The van der Waals surface area contributed by atoms with E-state index in [2.05, 4.69) is 5.32 Å². The summed E-state index contributed by atoms with van der Waals surface area (Å²) in [5, 5.41) is 20.4. The Morgan fingerprint density at radius 2 is 2.00 bits per heavy atom. The summed E-state index contributed by atoms with van der Waals surface area (Å²) in [4.78, 5) is -0.0539. The van der Waals surface area contributed by atoms with Crippen LogP contribution in [-0.2, 0) is 9.05 Å². The van der Waals surface area contributed by atoms with Gasteiger partial charge in [0.2, 0.25) is 0 Å². The van der Waals surface area contributed by atoms with Crippen molar-refractivity contribution in [3.8, 4) is 0 Å². The Bertz CT molecular complexity index is 449. The summed E-state index contributed by atoms with van der Waals surface area (Å²) in [6.45, 7) is -0.358. The topological polar surface area (TPSA) is 86.6 Å². The molecule has 0 aliphatic rings. The van der Waals surface area contributed by atoms with E-state index in [0.717, 1.165) is 0 Å². The first-order valence-electron chi connectivity index (χ1n) is 4.51. The second-order valence-electron chi connectivity index (χ2n) is 3.15. The Morgan fingerprint density at radius 3 is 2.56 bits per heavy atom. The summed E-state index contributed by atoms with van der Waals surface area (Å²) >= 11 is 0. The number of nitrogens with one attached hydrogen (secondary N) is 1. The quantitative estimate of drug-likeness (QED) is 0.670. The zero-order valence-corrected chi connectivity index (χ0v) is 9.87. The third kappa shape index (κ3) is 3.64. The zero-order chi connectivity index (χ0) is 12.2. The molecule has 16 heavy (non-hydrogen) atoms. The first kappa shape index (κ1) is 13.2. The van der Waals surface area contributed by atoms with Crippen LogP contribution in [0.2, 0.25) is 0 Å². The summed E-state index contributed by atoms with van der Waals surface area (Å²) in [7, 11) is 1.41. The molecular weight excluding hydrogens is 254 g/mol. The minimum atomic E-state index is -3.82. The van der Waals surface area contributed by atoms with Crippen LogP contribution in [0.5, 0.6) is 0 Å². The van der Waals surface area contributed by atoms with Gasteiger partial charge in [-0.3, -0.25) is 0 Å². The van der Waals surface area contributed by atoms with Gasteiger partial charge in [-0.05, 0) is 12.1 Å². The Balaban J connectivity index is 2.88. The maximum atomic E-state index is 11.2. The van der Waals surface area contributed by atoms with Crippen molar-refractivity contribution in [1.29, 1.82) is 0 Å². The number of hydrogen-bond acceptors (Lipinski definition) is 5. The molecule has 1 rings (SSSR count). The number of benzene rings is 1. The highest BCUT2D eigenvalue weighted by atomic mass is 35.7. The lowest BCUT2D eigenvalue weighted by Gasteiger charge is -2.12. The van der Waals surface area contributed by atoms with Crippen LogP contribution in [0, 0.1) is 0 Å². The monoisotopic (exact) mass is 265 g/mol. The van der Waals surface area contributed by atoms with Gasteiger partial charge in [-0.1, -0.05) is 12.1 Å². The van der Waals surface area contributed by atoms with Gasteiger partial charge in [0.1, 0.15) is 4.90 Å². The van der Waals surface area contributed by atoms with E-state index in [4.69, 9.17) is 20.9 Å². The SMILES string of the molecule is O=S(=O)(Cl)c1ccccc1NCC(O)CO. The summed E-state index contributed by atoms with van der Waals surface area (Å²) < 4.78 is 22.4. The molecule has 90 valence electrons. The first-order valence-corrected chi connectivity index (χ1v) is 6.82. The largest absolute Gasteiger partial charge is 0.394 e. The number of aliphatic hydroxyl groups is 2. The summed E-state index contributed by atoms with van der Waals surface area (Å²) in [6, 6.07) is 6.07. The Hall–Kier alpha value is -0.820. The fourth-order valence-corrected chi connectivity index (χ4v) is 2.17. The minimum Gasteiger partial charge on any atom is -0.394 e. The number of para-hydroxylation sites is 1. The third-order valence-electron chi connectivity index (χ3n) is 1.89.